The van der Waals surface area contributed by atoms with Gasteiger partial charge in [0.2, 0.25) is 0 Å². The Kier molecular flexibility index (Phi) is 6.22. The number of anilines is 2. The fourth-order valence-corrected chi connectivity index (χ4v) is 2.78. The van der Waals surface area contributed by atoms with Gasteiger partial charge in [0.15, 0.2) is 0 Å². The van der Waals surface area contributed by atoms with Gasteiger partial charge in [0.25, 0.3) is 5.91 Å². The van der Waals surface area contributed by atoms with Crippen molar-refractivity contribution in [2.24, 2.45) is 0 Å². The van der Waals surface area contributed by atoms with Crippen molar-refractivity contribution < 1.29 is 13.9 Å². The van der Waals surface area contributed by atoms with E-state index < -0.39 is 0 Å². The molecule has 2 aromatic carbocycles. The van der Waals surface area contributed by atoms with Gasteiger partial charge in [0, 0.05) is 6.54 Å². The predicted octanol–water partition coefficient (Wildman–Crippen LogP) is 4.25. The van der Waals surface area contributed by atoms with Crippen LogP contribution in [0.3, 0.4) is 0 Å². The van der Waals surface area contributed by atoms with Crippen LogP contribution in [-0.4, -0.2) is 24.5 Å². The lowest BCUT2D eigenvalue weighted by molar-refractivity contribution is 0.0949. The predicted molar refractivity (Wildman–Crippen MR) is 108 cm³/mol. The third-order valence-corrected chi connectivity index (χ3v) is 4.27. The van der Waals surface area contributed by atoms with Crippen molar-refractivity contribution in [1.82, 2.24) is 10.3 Å². The largest absolute Gasteiger partial charge is 0.495 e. The normalized spacial score (nSPS) is 10.4. The van der Waals surface area contributed by atoms with Gasteiger partial charge in [-0.1, -0.05) is 24.3 Å². The standard InChI is InChI=1S/C22H22FN3O2/c1-15-7-10-21(28-2)20(13-15)26-17-8-9-19(25-14-17)22(27)24-12-11-16-5-3-4-6-18(16)23/h3-10,13-14,26H,11-12H2,1-2H3,(H,24,27). The van der Waals surface area contributed by atoms with E-state index in [1.807, 2.05) is 25.1 Å². The number of pyridine rings is 1. The van der Waals surface area contributed by atoms with Crippen molar-refractivity contribution in [2.75, 3.05) is 19.0 Å². The van der Waals surface area contributed by atoms with Crippen LogP contribution < -0.4 is 15.4 Å². The van der Waals surface area contributed by atoms with E-state index in [9.17, 15) is 9.18 Å². The summed E-state index contributed by atoms with van der Waals surface area (Å²) in [5, 5.41) is 6.00. The molecule has 0 fully saturated rings. The van der Waals surface area contributed by atoms with E-state index in [1.54, 1.807) is 43.6 Å². The molecule has 0 aliphatic rings. The second-order valence-electron chi connectivity index (χ2n) is 6.36. The Bertz CT molecular complexity index is 958. The first-order valence-electron chi connectivity index (χ1n) is 8.96. The van der Waals surface area contributed by atoms with Gasteiger partial charge >= 0.3 is 0 Å². The summed E-state index contributed by atoms with van der Waals surface area (Å²) in [5.41, 5.74) is 3.54. The smallest absolute Gasteiger partial charge is 0.269 e. The number of halogens is 1. The van der Waals surface area contributed by atoms with E-state index in [1.165, 1.54) is 6.07 Å². The van der Waals surface area contributed by atoms with Crippen LogP contribution in [0.25, 0.3) is 0 Å². The van der Waals surface area contributed by atoms with E-state index in [4.69, 9.17) is 4.74 Å². The van der Waals surface area contributed by atoms with Crippen molar-refractivity contribution in [3.8, 4) is 5.75 Å². The second kappa shape index (κ2) is 8.99. The fourth-order valence-electron chi connectivity index (χ4n) is 2.78. The number of hydrogen-bond acceptors (Lipinski definition) is 4. The Hall–Kier alpha value is -3.41. The molecular weight excluding hydrogens is 357 g/mol. The first-order valence-corrected chi connectivity index (χ1v) is 8.96. The van der Waals surface area contributed by atoms with Crippen LogP contribution in [0, 0.1) is 12.7 Å². The minimum atomic E-state index is -0.295. The van der Waals surface area contributed by atoms with Crippen molar-refractivity contribution in [3.05, 3.63) is 83.4 Å². The first kappa shape index (κ1) is 19.4. The van der Waals surface area contributed by atoms with Crippen LogP contribution in [0.4, 0.5) is 15.8 Å². The van der Waals surface area contributed by atoms with Gasteiger partial charge in [-0.15, -0.1) is 0 Å². The number of aromatic nitrogens is 1. The lowest BCUT2D eigenvalue weighted by atomic mass is 10.1. The molecule has 3 aromatic rings. The molecule has 0 saturated carbocycles. The average molecular weight is 379 g/mol. The maximum atomic E-state index is 13.6. The molecule has 0 atom stereocenters. The first-order chi connectivity index (χ1) is 13.6. The van der Waals surface area contributed by atoms with Crippen LogP contribution in [-0.2, 0) is 6.42 Å². The number of aryl methyl sites for hydroxylation is 1. The molecule has 0 radical (unpaired) electrons. The van der Waals surface area contributed by atoms with Crippen molar-refractivity contribution >= 4 is 17.3 Å². The summed E-state index contributed by atoms with van der Waals surface area (Å²) < 4.78 is 18.9. The molecule has 5 nitrogen and oxygen atoms in total. The molecule has 0 bridgehead atoms. The van der Waals surface area contributed by atoms with E-state index in [0.29, 0.717) is 24.2 Å². The lowest BCUT2D eigenvalue weighted by Gasteiger charge is -2.12. The molecule has 3 rings (SSSR count). The van der Waals surface area contributed by atoms with Crippen molar-refractivity contribution in [1.29, 1.82) is 0 Å². The van der Waals surface area contributed by atoms with Crippen LogP contribution in [0.5, 0.6) is 5.75 Å². The number of nitrogens with one attached hydrogen (secondary N) is 2. The van der Waals surface area contributed by atoms with Crippen molar-refractivity contribution in [2.45, 2.75) is 13.3 Å². The van der Waals surface area contributed by atoms with Crippen LogP contribution in [0.15, 0.2) is 60.8 Å². The molecule has 0 aliphatic carbocycles. The molecule has 0 unspecified atom stereocenters. The Morgan fingerprint density at radius 1 is 1.14 bits per heavy atom. The topological polar surface area (TPSA) is 63.2 Å². The van der Waals surface area contributed by atoms with Crippen LogP contribution in [0.2, 0.25) is 0 Å². The van der Waals surface area contributed by atoms with Crippen LogP contribution in [0.1, 0.15) is 21.6 Å². The van der Waals surface area contributed by atoms with E-state index in [2.05, 4.69) is 15.6 Å². The summed E-state index contributed by atoms with van der Waals surface area (Å²) in [6, 6.07) is 15.8. The van der Waals surface area contributed by atoms with E-state index in [-0.39, 0.29) is 11.7 Å². The Morgan fingerprint density at radius 3 is 2.68 bits per heavy atom. The number of carbonyl (C=O) groups excluding carboxylic acids is 1. The molecule has 1 heterocycles. The lowest BCUT2D eigenvalue weighted by Crippen LogP contribution is -2.26. The minimum Gasteiger partial charge on any atom is -0.495 e. The van der Waals surface area contributed by atoms with Gasteiger partial charge in [0.05, 0.1) is 24.7 Å². The number of benzene rings is 2. The SMILES string of the molecule is COc1ccc(C)cc1Nc1ccc(C(=O)NCCc2ccccc2F)nc1. The van der Waals surface area contributed by atoms with Gasteiger partial charge in [-0.2, -0.15) is 0 Å². The van der Waals surface area contributed by atoms with Gasteiger partial charge in [-0.05, 0) is 54.8 Å². The summed E-state index contributed by atoms with van der Waals surface area (Å²) in [6.45, 7) is 2.33. The summed E-state index contributed by atoms with van der Waals surface area (Å²) in [6.07, 6.45) is 2.01. The molecule has 2 N–H and O–H groups in total. The zero-order chi connectivity index (χ0) is 19.9. The summed E-state index contributed by atoms with van der Waals surface area (Å²) >= 11 is 0. The molecule has 6 heteroatoms. The Morgan fingerprint density at radius 2 is 1.96 bits per heavy atom. The number of carbonyl (C=O) groups is 1. The highest BCUT2D eigenvalue weighted by atomic mass is 19.1. The van der Waals surface area contributed by atoms with Crippen LogP contribution >= 0.6 is 0 Å². The van der Waals surface area contributed by atoms with Crippen molar-refractivity contribution in [3.63, 3.8) is 0 Å². The van der Waals surface area contributed by atoms with Gasteiger partial charge in [-0.3, -0.25) is 4.79 Å². The highest BCUT2D eigenvalue weighted by molar-refractivity contribution is 5.92. The Balaban J connectivity index is 1.58. The summed E-state index contributed by atoms with van der Waals surface area (Å²) in [5.74, 6) is 0.161. The summed E-state index contributed by atoms with van der Waals surface area (Å²) in [4.78, 5) is 16.4. The molecule has 0 spiro atoms. The number of methoxy groups -OCH3 is 1. The Labute approximate surface area is 163 Å². The molecule has 1 amide bonds. The van der Waals surface area contributed by atoms with Gasteiger partial charge in [-0.25, -0.2) is 9.37 Å². The van der Waals surface area contributed by atoms with Gasteiger partial charge < -0.3 is 15.4 Å². The fraction of sp³-hybridized carbons (Fsp3) is 0.182. The molecular formula is C22H22FN3O2. The van der Waals surface area contributed by atoms with E-state index >= 15 is 0 Å². The minimum absolute atomic E-state index is 0.267. The average Bonchev–Trinajstić information content (AvgIpc) is 2.70. The molecule has 0 aliphatic heterocycles. The monoisotopic (exact) mass is 379 g/mol. The third-order valence-electron chi connectivity index (χ3n) is 4.27. The number of ether oxygens (including phenoxy) is 1. The quantitative estimate of drug-likeness (QED) is 0.644. The number of hydrogen-bond donors (Lipinski definition) is 2. The second-order valence-corrected chi connectivity index (χ2v) is 6.36. The maximum absolute atomic E-state index is 13.6. The summed E-state index contributed by atoms with van der Waals surface area (Å²) in [7, 11) is 1.61. The van der Waals surface area contributed by atoms with E-state index in [0.717, 1.165) is 22.7 Å². The highest BCUT2D eigenvalue weighted by Crippen LogP contribution is 2.28. The highest BCUT2D eigenvalue weighted by Gasteiger charge is 2.09. The van der Waals surface area contributed by atoms with Gasteiger partial charge in [0.1, 0.15) is 17.3 Å². The molecule has 1 aromatic heterocycles. The molecule has 0 saturated heterocycles. The zero-order valence-electron chi connectivity index (χ0n) is 15.8. The third kappa shape index (κ3) is 4.85. The molecule has 144 valence electrons. The number of rotatable bonds is 7. The zero-order valence-corrected chi connectivity index (χ0v) is 15.8. The number of nitrogens with zero attached hydrogens (tertiary/aromatic N) is 1. The maximum Gasteiger partial charge on any atom is 0.269 e. The number of amides is 1. The molecule has 28 heavy (non-hydrogen) atoms.